The second-order valence-corrected chi connectivity index (χ2v) is 18.0. The third kappa shape index (κ3) is 10.0. The first-order valence-electron chi connectivity index (χ1n) is 23.1. The fourth-order valence-corrected chi connectivity index (χ4v) is 10.1. The summed E-state index contributed by atoms with van der Waals surface area (Å²) in [7, 11) is 0. The molecule has 0 aromatic heterocycles. The summed E-state index contributed by atoms with van der Waals surface area (Å²) in [5, 5.41) is 15.7. The van der Waals surface area contributed by atoms with Crippen molar-refractivity contribution >= 4 is 96.3 Å². The molecule has 4 heteroatoms. The molecule has 348 valence electrons. The van der Waals surface area contributed by atoms with Crippen LogP contribution in [0.5, 0.6) is 0 Å². The first-order valence-corrected chi connectivity index (χ1v) is 27.2. The fraction of sp³-hybridized carbons (Fsp3) is 0.0909. The van der Waals surface area contributed by atoms with E-state index in [2.05, 4.69) is 253 Å². The minimum absolute atomic E-state index is 0. The van der Waals surface area contributed by atoms with Crippen LogP contribution in [0.3, 0.4) is 0 Å². The molecule has 0 atom stereocenters. The van der Waals surface area contributed by atoms with Gasteiger partial charge in [0.2, 0.25) is 0 Å². The Morgan fingerprint density at radius 1 is 0.300 bits per heavy atom. The average molecular weight is 1040 g/mol. The molecule has 0 bridgehead atoms. The Bertz CT molecular complexity index is 3230. The third-order valence-corrected chi connectivity index (χ3v) is 13.5. The number of fused-ring (bicyclic) bond motifs is 6. The normalized spacial score (nSPS) is 10.8. The van der Waals surface area contributed by atoms with Gasteiger partial charge in [-0.15, -0.1) is 69.6 Å². The van der Waals surface area contributed by atoms with E-state index in [0.29, 0.717) is 11.8 Å². The van der Waals surface area contributed by atoms with Gasteiger partial charge in [0.15, 0.2) is 0 Å². The first kappa shape index (κ1) is 53.5. The second-order valence-electron chi connectivity index (χ2n) is 18.0. The third-order valence-electron chi connectivity index (χ3n) is 13.5. The van der Waals surface area contributed by atoms with Gasteiger partial charge in [0.25, 0.3) is 0 Å². The van der Waals surface area contributed by atoms with E-state index in [-0.39, 0.29) is 39.7 Å². The van der Waals surface area contributed by atoms with E-state index in [4.69, 9.17) is 0 Å². The molecule has 0 fully saturated rings. The zero-order valence-corrected chi connectivity index (χ0v) is 45.8. The van der Waals surface area contributed by atoms with Crippen molar-refractivity contribution in [3.8, 4) is 44.5 Å². The van der Waals surface area contributed by atoms with Crippen LogP contribution in [-0.4, -0.2) is 6.88 Å². The number of benzene rings is 10. The van der Waals surface area contributed by atoms with Crippen LogP contribution in [0.2, 0.25) is 0 Å². The van der Waals surface area contributed by atoms with Crippen LogP contribution in [0, 0.1) is 14.9 Å². The molecule has 0 aliphatic heterocycles. The van der Waals surface area contributed by atoms with Crippen molar-refractivity contribution in [2.24, 2.45) is 0 Å². The summed E-state index contributed by atoms with van der Waals surface area (Å²) in [6.07, 6.45) is 0. The van der Waals surface area contributed by atoms with Crippen LogP contribution >= 0.6 is 24.8 Å². The molecular formula is C66H58Cl2SiZr-4. The summed E-state index contributed by atoms with van der Waals surface area (Å²) in [6.45, 7) is 12.2. The van der Waals surface area contributed by atoms with E-state index < -0.39 is 0 Å². The van der Waals surface area contributed by atoms with Crippen LogP contribution < -0.4 is 0 Å². The van der Waals surface area contributed by atoms with Crippen molar-refractivity contribution in [1.82, 2.24) is 0 Å². The van der Waals surface area contributed by atoms with E-state index in [1.807, 2.05) is 0 Å². The van der Waals surface area contributed by atoms with Crippen LogP contribution in [-0.2, 0) is 23.3 Å². The zero-order chi connectivity index (χ0) is 45.3. The Kier molecular flexibility index (Phi) is 17.9. The van der Waals surface area contributed by atoms with Crippen molar-refractivity contribution in [2.45, 2.75) is 39.5 Å². The Labute approximate surface area is 444 Å². The molecule has 12 aromatic carbocycles. The summed E-state index contributed by atoms with van der Waals surface area (Å²) in [4.78, 5) is 0. The standard InChI is InChI=1S/2C32H25.2CH3.2ClH.Si.Zr/c2*1-21(2)24-19-31-29(27-15-7-11-22-9-3-5-13-25(22)27)17-18-30(32(31)20-24)28-16-8-12-23-10-4-6-14-26(23)28;;;;;;/h2*3-21H,1-2H3;2*1H3;2*1H;;/q4*-1;;;;. The first-order chi connectivity index (χ1) is 32.4. The van der Waals surface area contributed by atoms with Crippen LogP contribution in [0.15, 0.2) is 218 Å². The van der Waals surface area contributed by atoms with Gasteiger partial charge in [-0.2, -0.15) is 12.1 Å². The number of halogens is 2. The predicted octanol–water partition coefficient (Wildman–Crippen LogP) is 20.0. The molecule has 12 rings (SSSR count). The van der Waals surface area contributed by atoms with Gasteiger partial charge in [-0.05, 0) is 66.1 Å². The predicted molar refractivity (Wildman–Crippen MR) is 312 cm³/mol. The van der Waals surface area contributed by atoms with Gasteiger partial charge in [-0.3, -0.25) is 0 Å². The summed E-state index contributed by atoms with van der Waals surface area (Å²) in [5.74, 6) is 0.978. The quantitative estimate of drug-likeness (QED) is 0.115. The maximum absolute atomic E-state index is 3.06. The fourth-order valence-electron chi connectivity index (χ4n) is 10.1. The molecule has 0 nitrogen and oxygen atoms in total. The topological polar surface area (TPSA) is 0 Å². The summed E-state index contributed by atoms with van der Waals surface area (Å²) in [5.41, 5.74) is 13.3. The second kappa shape index (κ2) is 23.4. The van der Waals surface area contributed by atoms with Crippen molar-refractivity contribution in [3.05, 3.63) is 244 Å². The molecule has 0 unspecified atom stereocenters. The summed E-state index contributed by atoms with van der Waals surface area (Å²) >= 11 is 1.36. The molecule has 0 spiro atoms. The molecule has 0 saturated carbocycles. The van der Waals surface area contributed by atoms with E-state index in [1.54, 1.807) is 0 Å². The Balaban J connectivity index is 0.000000210. The van der Waals surface area contributed by atoms with Crippen molar-refractivity contribution < 1.29 is 23.3 Å². The SMILES string of the molecule is CC(C)c1cc2c(-c3cccc4ccccc34)ccc(-c3cccc4ccccc34)c2[cH-]1.CC(C)c1cc2c(-c3cccc4ccccc34)ccc(-c3cccc4ccccc34)c2[cH-]1.Cl.Cl.[CH3-].[CH3-].[Si]=[Zr]. The van der Waals surface area contributed by atoms with Gasteiger partial charge in [0, 0.05) is 0 Å². The number of rotatable bonds is 6. The Hall–Kier alpha value is -5.86. The van der Waals surface area contributed by atoms with Gasteiger partial charge >= 0.3 is 30.2 Å². The van der Waals surface area contributed by atoms with Gasteiger partial charge < -0.3 is 14.9 Å². The van der Waals surface area contributed by atoms with Gasteiger partial charge in [-0.1, -0.05) is 255 Å². The van der Waals surface area contributed by atoms with Crippen molar-refractivity contribution in [1.29, 1.82) is 0 Å². The maximum atomic E-state index is 3.06. The minimum atomic E-state index is 0. The Morgan fingerprint density at radius 3 is 0.814 bits per heavy atom. The van der Waals surface area contributed by atoms with E-state index >= 15 is 0 Å². The molecule has 0 aliphatic carbocycles. The van der Waals surface area contributed by atoms with Crippen LogP contribution in [0.25, 0.3) is 109 Å². The summed E-state index contributed by atoms with van der Waals surface area (Å²) < 4.78 is 0. The number of hydrogen-bond acceptors (Lipinski definition) is 0. The van der Waals surface area contributed by atoms with Crippen molar-refractivity contribution in [2.75, 3.05) is 0 Å². The van der Waals surface area contributed by atoms with Gasteiger partial charge in [0.05, 0.1) is 0 Å². The molecule has 2 radical (unpaired) electrons. The summed E-state index contributed by atoms with van der Waals surface area (Å²) in [6, 6.07) is 80.2. The Morgan fingerprint density at radius 2 is 0.529 bits per heavy atom. The van der Waals surface area contributed by atoms with E-state index in [9.17, 15) is 0 Å². The molecule has 70 heavy (non-hydrogen) atoms. The van der Waals surface area contributed by atoms with Crippen molar-refractivity contribution in [3.63, 3.8) is 0 Å². The zero-order valence-electron chi connectivity index (χ0n) is 40.8. The van der Waals surface area contributed by atoms with E-state index in [0.717, 1.165) is 0 Å². The molecule has 12 aromatic rings. The van der Waals surface area contributed by atoms with E-state index in [1.165, 1.54) is 144 Å². The molecule has 0 N–H and O–H groups in total. The monoisotopic (exact) mass is 1040 g/mol. The molecule has 0 saturated heterocycles. The number of hydrogen-bond donors (Lipinski definition) is 0. The van der Waals surface area contributed by atoms with Gasteiger partial charge in [0.1, 0.15) is 0 Å². The molecule has 0 heterocycles. The van der Waals surface area contributed by atoms with Crippen LogP contribution in [0.4, 0.5) is 0 Å². The molecule has 0 aliphatic rings. The van der Waals surface area contributed by atoms with Gasteiger partial charge in [-0.25, -0.2) is 0 Å². The van der Waals surface area contributed by atoms with Crippen LogP contribution in [0.1, 0.15) is 50.7 Å². The molecule has 0 amide bonds. The average Bonchev–Trinajstić information content (AvgIpc) is 4.04. The molecular weight excluding hydrogens is 983 g/mol.